The second kappa shape index (κ2) is 6.49. The highest BCUT2D eigenvalue weighted by Crippen LogP contribution is 2.12. The third-order valence-corrected chi connectivity index (χ3v) is 2.81. The molecule has 0 aliphatic carbocycles. The van der Waals surface area contributed by atoms with Crippen molar-refractivity contribution in [3.63, 3.8) is 0 Å². The van der Waals surface area contributed by atoms with Crippen LogP contribution >= 0.6 is 0 Å². The molecule has 1 fully saturated rings. The van der Waals surface area contributed by atoms with E-state index >= 15 is 0 Å². The molecule has 1 aliphatic heterocycles. The van der Waals surface area contributed by atoms with Crippen LogP contribution in [0.4, 0.5) is 0 Å². The van der Waals surface area contributed by atoms with Crippen molar-refractivity contribution in [1.29, 1.82) is 0 Å². The minimum atomic E-state index is -0.587. The van der Waals surface area contributed by atoms with E-state index in [9.17, 15) is 9.90 Å². The van der Waals surface area contributed by atoms with E-state index in [1.165, 1.54) is 0 Å². The van der Waals surface area contributed by atoms with E-state index in [2.05, 4.69) is 5.32 Å². The Balaban J connectivity index is 1.95. The number of rotatable bonds is 4. The lowest BCUT2D eigenvalue weighted by atomic mass is 10.1. The molecular weight excluding hydrogens is 234 g/mol. The maximum Gasteiger partial charge on any atom is 0.252 e. The average molecular weight is 251 g/mol. The number of carbonyl (C=O) groups is 1. The summed E-state index contributed by atoms with van der Waals surface area (Å²) in [6, 6.07) is 8.93. The van der Waals surface area contributed by atoms with Crippen molar-refractivity contribution in [1.82, 2.24) is 5.32 Å². The van der Waals surface area contributed by atoms with Crippen LogP contribution in [-0.4, -0.2) is 43.5 Å². The van der Waals surface area contributed by atoms with Crippen LogP contribution in [0.1, 0.15) is 11.6 Å². The quantitative estimate of drug-likeness (QED) is 0.805. The summed E-state index contributed by atoms with van der Waals surface area (Å²) in [5, 5.41) is 12.1. The summed E-state index contributed by atoms with van der Waals surface area (Å²) in [6.45, 7) is 1.06. The Morgan fingerprint density at radius 3 is 2.78 bits per heavy atom. The largest absolute Gasteiger partial charge is 0.394 e. The Hall–Kier alpha value is -1.43. The second-order valence-electron chi connectivity index (χ2n) is 4.09. The lowest BCUT2D eigenvalue weighted by Gasteiger charge is -2.24. The van der Waals surface area contributed by atoms with E-state index in [0.717, 1.165) is 5.56 Å². The highest BCUT2D eigenvalue weighted by atomic mass is 16.6. The predicted octanol–water partition coefficient (Wildman–Crippen LogP) is 0.252. The first-order chi connectivity index (χ1) is 8.81. The zero-order chi connectivity index (χ0) is 12.8. The summed E-state index contributed by atoms with van der Waals surface area (Å²) in [6.07, 6.45) is -0.587. The van der Waals surface area contributed by atoms with Gasteiger partial charge in [0.15, 0.2) is 6.10 Å². The van der Waals surface area contributed by atoms with E-state index < -0.39 is 12.1 Å². The molecule has 1 heterocycles. The van der Waals surface area contributed by atoms with Gasteiger partial charge in [-0.25, -0.2) is 0 Å². The molecule has 1 saturated heterocycles. The van der Waals surface area contributed by atoms with Crippen LogP contribution in [-0.2, 0) is 14.3 Å². The molecule has 2 N–H and O–H groups in total. The predicted molar refractivity (Wildman–Crippen MR) is 65.0 cm³/mol. The molecule has 5 nitrogen and oxygen atoms in total. The van der Waals surface area contributed by atoms with Crippen molar-refractivity contribution in [3.8, 4) is 0 Å². The van der Waals surface area contributed by atoms with Gasteiger partial charge in [-0.15, -0.1) is 0 Å². The van der Waals surface area contributed by atoms with Crippen LogP contribution in [0.2, 0.25) is 0 Å². The van der Waals surface area contributed by atoms with Gasteiger partial charge in [0.05, 0.1) is 32.5 Å². The molecule has 0 spiro atoms. The molecule has 1 aliphatic rings. The maximum absolute atomic E-state index is 11.9. The zero-order valence-corrected chi connectivity index (χ0v) is 10.0. The molecule has 0 radical (unpaired) electrons. The number of ether oxygens (including phenoxy) is 2. The van der Waals surface area contributed by atoms with Gasteiger partial charge in [-0.05, 0) is 5.56 Å². The fraction of sp³-hybridized carbons (Fsp3) is 0.462. The van der Waals surface area contributed by atoms with E-state index in [0.29, 0.717) is 13.2 Å². The molecule has 98 valence electrons. The van der Waals surface area contributed by atoms with Crippen molar-refractivity contribution < 1.29 is 19.4 Å². The Kier molecular flexibility index (Phi) is 4.69. The van der Waals surface area contributed by atoms with E-state index in [1.807, 2.05) is 30.3 Å². The van der Waals surface area contributed by atoms with Gasteiger partial charge >= 0.3 is 0 Å². The van der Waals surface area contributed by atoms with Crippen LogP contribution in [0.3, 0.4) is 0 Å². The minimum absolute atomic E-state index is 0.149. The van der Waals surface area contributed by atoms with E-state index in [4.69, 9.17) is 9.47 Å². The summed E-state index contributed by atoms with van der Waals surface area (Å²) in [4.78, 5) is 11.9. The Morgan fingerprint density at radius 1 is 1.39 bits per heavy atom. The van der Waals surface area contributed by atoms with Gasteiger partial charge in [-0.3, -0.25) is 4.79 Å². The Morgan fingerprint density at radius 2 is 2.17 bits per heavy atom. The van der Waals surface area contributed by atoms with Crippen molar-refractivity contribution in [3.05, 3.63) is 35.9 Å². The summed E-state index contributed by atoms with van der Waals surface area (Å²) >= 11 is 0. The van der Waals surface area contributed by atoms with Gasteiger partial charge in [0.1, 0.15) is 0 Å². The average Bonchev–Trinajstić information content (AvgIpc) is 2.46. The van der Waals surface area contributed by atoms with Crippen LogP contribution in [0.15, 0.2) is 30.3 Å². The van der Waals surface area contributed by atoms with Crippen molar-refractivity contribution in [2.24, 2.45) is 0 Å². The third-order valence-electron chi connectivity index (χ3n) is 2.81. The summed E-state index contributed by atoms with van der Waals surface area (Å²) < 4.78 is 10.5. The number of amides is 1. The lowest BCUT2D eigenvalue weighted by molar-refractivity contribution is -0.148. The Bertz CT molecular complexity index is 376. The van der Waals surface area contributed by atoms with Gasteiger partial charge in [0, 0.05) is 0 Å². The minimum Gasteiger partial charge on any atom is -0.394 e. The van der Waals surface area contributed by atoms with E-state index in [-0.39, 0.29) is 19.1 Å². The molecular formula is C13H17NO4. The topological polar surface area (TPSA) is 67.8 Å². The van der Waals surface area contributed by atoms with Gasteiger partial charge in [-0.2, -0.15) is 0 Å². The molecule has 0 aromatic heterocycles. The molecule has 1 aromatic carbocycles. The standard InChI is InChI=1S/C13H17NO4/c15-8-11(10-4-2-1-3-5-10)14-13(16)12-9-17-6-7-18-12/h1-5,11-12,15H,6-9H2,(H,14,16)/t11-,12?/m1/s1. The first kappa shape index (κ1) is 13.0. The molecule has 1 aromatic rings. The van der Waals surface area contributed by atoms with Gasteiger partial charge in [0.25, 0.3) is 5.91 Å². The first-order valence-electron chi connectivity index (χ1n) is 5.97. The summed E-state index contributed by atoms with van der Waals surface area (Å²) in [5.74, 6) is -0.252. The lowest BCUT2D eigenvalue weighted by Crippen LogP contribution is -2.44. The number of hydrogen-bond acceptors (Lipinski definition) is 4. The number of aliphatic hydroxyl groups is 1. The number of nitrogens with one attached hydrogen (secondary N) is 1. The van der Waals surface area contributed by atoms with Gasteiger partial charge < -0.3 is 19.9 Å². The molecule has 0 saturated carbocycles. The molecule has 18 heavy (non-hydrogen) atoms. The maximum atomic E-state index is 11.9. The van der Waals surface area contributed by atoms with Crippen LogP contribution in [0.25, 0.3) is 0 Å². The fourth-order valence-electron chi connectivity index (χ4n) is 1.82. The summed E-state index contributed by atoms with van der Waals surface area (Å²) in [7, 11) is 0. The molecule has 5 heteroatoms. The second-order valence-corrected chi connectivity index (χ2v) is 4.09. The third kappa shape index (κ3) is 3.29. The van der Waals surface area contributed by atoms with Crippen molar-refractivity contribution in [2.75, 3.05) is 26.4 Å². The normalized spacial score (nSPS) is 21.3. The summed E-state index contributed by atoms with van der Waals surface area (Å²) in [5.41, 5.74) is 0.866. The van der Waals surface area contributed by atoms with Crippen molar-refractivity contribution >= 4 is 5.91 Å². The van der Waals surface area contributed by atoms with Crippen LogP contribution < -0.4 is 5.32 Å². The van der Waals surface area contributed by atoms with Crippen LogP contribution in [0, 0.1) is 0 Å². The zero-order valence-electron chi connectivity index (χ0n) is 10.0. The molecule has 1 amide bonds. The highest BCUT2D eigenvalue weighted by Gasteiger charge is 2.25. The molecule has 1 unspecified atom stereocenters. The number of carbonyl (C=O) groups excluding carboxylic acids is 1. The molecule has 2 rings (SSSR count). The smallest absolute Gasteiger partial charge is 0.252 e. The first-order valence-corrected chi connectivity index (χ1v) is 5.97. The Labute approximate surface area is 106 Å². The number of benzene rings is 1. The van der Waals surface area contributed by atoms with Crippen LogP contribution in [0.5, 0.6) is 0 Å². The SMILES string of the molecule is O=C(N[C@H](CO)c1ccccc1)C1COCCO1. The number of aliphatic hydroxyl groups excluding tert-OH is 1. The van der Waals surface area contributed by atoms with Gasteiger partial charge in [-0.1, -0.05) is 30.3 Å². The molecule has 0 bridgehead atoms. The fourth-order valence-corrected chi connectivity index (χ4v) is 1.82. The number of hydrogen-bond donors (Lipinski definition) is 2. The molecule has 2 atom stereocenters. The van der Waals surface area contributed by atoms with E-state index in [1.54, 1.807) is 0 Å². The monoisotopic (exact) mass is 251 g/mol. The van der Waals surface area contributed by atoms with Crippen molar-refractivity contribution in [2.45, 2.75) is 12.1 Å². The highest BCUT2D eigenvalue weighted by molar-refractivity contribution is 5.81. The van der Waals surface area contributed by atoms with Gasteiger partial charge in [0.2, 0.25) is 0 Å².